The number of amides is 2. The van der Waals surface area contributed by atoms with Crippen LogP contribution >= 0.6 is 0 Å². The number of hydrogen-bond donors (Lipinski definition) is 1. The molecule has 9 heteroatoms. The normalized spacial score (nSPS) is 16.1. The van der Waals surface area contributed by atoms with Crippen molar-refractivity contribution >= 4 is 28.5 Å². The monoisotopic (exact) mass is 469 g/mol. The molecule has 1 saturated heterocycles. The van der Waals surface area contributed by atoms with Crippen LogP contribution in [0.3, 0.4) is 0 Å². The number of nitrogen functional groups attached to an aromatic ring is 1. The molecule has 0 radical (unpaired) electrons. The standard InChI is InChI=1S/C26H27N7O2/c1-2-3-23-26(35)31(15-18-4-9-21-22(14-18)29-16-30-24(21)27)12-13-33(23)25(34)19-5-7-20(8-6-19)32-11-10-28-17-32/h4-11,14,16-17,23H,2-3,12-13,15H2,1H3,(H2,27,29,30)/t23-/m0/s1. The molecule has 9 nitrogen and oxygen atoms in total. The largest absolute Gasteiger partial charge is 0.383 e. The maximum atomic E-state index is 13.5. The number of nitrogens with zero attached hydrogens (tertiary/aromatic N) is 6. The van der Waals surface area contributed by atoms with Crippen LogP contribution in [0.15, 0.2) is 67.5 Å². The molecule has 178 valence electrons. The van der Waals surface area contributed by atoms with Crippen molar-refractivity contribution in [1.29, 1.82) is 0 Å². The Balaban J connectivity index is 1.33. The molecule has 35 heavy (non-hydrogen) atoms. The number of rotatable bonds is 6. The predicted octanol–water partition coefficient (Wildman–Crippen LogP) is 3.05. The summed E-state index contributed by atoms with van der Waals surface area (Å²) in [7, 11) is 0. The first-order valence-electron chi connectivity index (χ1n) is 11.7. The molecule has 0 bridgehead atoms. The van der Waals surface area contributed by atoms with Gasteiger partial charge < -0.3 is 20.1 Å². The maximum Gasteiger partial charge on any atom is 0.254 e. The number of benzene rings is 2. The topological polar surface area (TPSA) is 110 Å². The zero-order chi connectivity index (χ0) is 24.4. The molecule has 5 rings (SSSR count). The van der Waals surface area contributed by atoms with Gasteiger partial charge in [-0.15, -0.1) is 0 Å². The maximum absolute atomic E-state index is 13.5. The van der Waals surface area contributed by atoms with E-state index in [0.29, 0.717) is 37.4 Å². The smallest absolute Gasteiger partial charge is 0.254 e. The molecule has 1 aliphatic heterocycles. The number of aromatic nitrogens is 4. The summed E-state index contributed by atoms with van der Waals surface area (Å²) < 4.78 is 1.88. The Morgan fingerprint density at radius 2 is 1.94 bits per heavy atom. The van der Waals surface area contributed by atoms with Gasteiger partial charge in [0.05, 0.1) is 11.8 Å². The molecule has 1 atom stereocenters. The van der Waals surface area contributed by atoms with E-state index in [1.165, 1.54) is 6.33 Å². The average molecular weight is 470 g/mol. The molecule has 1 fully saturated rings. The quantitative estimate of drug-likeness (QED) is 0.465. The van der Waals surface area contributed by atoms with Gasteiger partial charge in [-0.1, -0.05) is 19.4 Å². The number of piperazine rings is 1. The Morgan fingerprint density at radius 1 is 1.11 bits per heavy atom. The van der Waals surface area contributed by atoms with E-state index in [0.717, 1.165) is 28.6 Å². The number of carbonyl (C=O) groups is 2. The highest BCUT2D eigenvalue weighted by Crippen LogP contribution is 2.23. The second kappa shape index (κ2) is 9.54. The number of fused-ring (bicyclic) bond motifs is 1. The van der Waals surface area contributed by atoms with Gasteiger partial charge in [0.1, 0.15) is 18.2 Å². The Kier molecular flexibility index (Phi) is 6.13. The summed E-state index contributed by atoms with van der Waals surface area (Å²) in [4.78, 5) is 42.8. The van der Waals surface area contributed by atoms with Gasteiger partial charge in [-0.05, 0) is 48.4 Å². The molecule has 2 N–H and O–H groups in total. The van der Waals surface area contributed by atoms with Crippen LogP contribution in [0.5, 0.6) is 0 Å². The highest BCUT2D eigenvalue weighted by molar-refractivity contribution is 5.98. The van der Waals surface area contributed by atoms with Crippen LogP contribution in [0, 0.1) is 0 Å². The summed E-state index contributed by atoms with van der Waals surface area (Å²) >= 11 is 0. The predicted molar refractivity (Wildman–Crippen MR) is 133 cm³/mol. The molecule has 3 heterocycles. The van der Waals surface area contributed by atoms with Crippen molar-refractivity contribution < 1.29 is 9.59 Å². The van der Waals surface area contributed by atoms with E-state index in [1.807, 2.05) is 52.9 Å². The molecule has 2 aromatic heterocycles. The van der Waals surface area contributed by atoms with Crippen molar-refractivity contribution in [3.8, 4) is 5.69 Å². The fourth-order valence-electron chi connectivity index (χ4n) is 4.59. The van der Waals surface area contributed by atoms with Crippen LogP contribution in [-0.2, 0) is 11.3 Å². The molecule has 0 spiro atoms. The lowest BCUT2D eigenvalue weighted by Gasteiger charge is -2.41. The Morgan fingerprint density at radius 3 is 2.69 bits per heavy atom. The van der Waals surface area contributed by atoms with E-state index in [1.54, 1.807) is 29.6 Å². The Labute approximate surface area is 203 Å². The van der Waals surface area contributed by atoms with Crippen LogP contribution in [0.1, 0.15) is 35.7 Å². The number of imidazole rings is 1. The molecule has 2 aromatic carbocycles. The Bertz CT molecular complexity index is 1350. The lowest BCUT2D eigenvalue weighted by molar-refractivity contribution is -0.141. The van der Waals surface area contributed by atoms with Crippen molar-refractivity contribution in [2.24, 2.45) is 0 Å². The summed E-state index contributed by atoms with van der Waals surface area (Å²) in [6, 6.07) is 12.7. The molecule has 0 aliphatic carbocycles. The fraction of sp³-hybridized carbons (Fsp3) is 0.269. The van der Waals surface area contributed by atoms with E-state index < -0.39 is 6.04 Å². The minimum atomic E-state index is -0.479. The molecule has 0 saturated carbocycles. The van der Waals surface area contributed by atoms with Crippen molar-refractivity contribution in [2.45, 2.75) is 32.4 Å². The molecule has 4 aromatic rings. The third-order valence-electron chi connectivity index (χ3n) is 6.43. The average Bonchev–Trinajstić information content (AvgIpc) is 3.42. The molecular formula is C26H27N7O2. The molecule has 1 aliphatic rings. The minimum absolute atomic E-state index is 0.0243. The first-order valence-corrected chi connectivity index (χ1v) is 11.7. The summed E-state index contributed by atoms with van der Waals surface area (Å²) in [5, 5.41) is 0.793. The number of nitrogens with two attached hydrogens (primary N) is 1. The molecular weight excluding hydrogens is 442 g/mol. The van der Waals surface area contributed by atoms with Crippen LogP contribution in [0.25, 0.3) is 16.6 Å². The molecule has 0 unspecified atom stereocenters. The molecule has 2 amide bonds. The van der Waals surface area contributed by atoms with Crippen molar-refractivity contribution in [1.82, 2.24) is 29.3 Å². The van der Waals surface area contributed by atoms with Crippen LogP contribution in [0.4, 0.5) is 5.82 Å². The van der Waals surface area contributed by atoms with Gasteiger partial charge in [0.15, 0.2) is 0 Å². The summed E-state index contributed by atoms with van der Waals surface area (Å²) in [5.41, 5.74) is 9.14. The van der Waals surface area contributed by atoms with Crippen LogP contribution in [0.2, 0.25) is 0 Å². The van der Waals surface area contributed by atoms with Crippen LogP contribution < -0.4 is 5.73 Å². The number of carbonyl (C=O) groups excluding carboxylic acids is 2. The van der Waals surface area contributed by atoms with Gasteiger partial charge >= 0.3 is 0 Å². The lowest BCUT2D eigenvalue weighted by atomic mass is 10.0. The van der Waals surface area contributed by atoms with Gasteiger partial charge in [-0.3, -0.25) is 9.59 Å². The fourth-order valence-corrected chi connectivity index (χ4v) is 4.59. The van der Waals surface area contributed by atoms with Gasteiger partial charge in [-0.2, -0.15) is 0 Å². The van der Waals surface area contributed by atoms with Crippen molar-refractivity contribution in [3.05, 3.63) is 78.6 Å². The third-order valence-corrected chi connectivity index (χ3v) is 6.43. The Hall–Kier alpha value is -4.27. The van der Waals surface area contributed by atoms with E-state index in [4.69, 9.17) is 5.73 Å². The first-order chi connectivity index (χ1) is 17.0. The van der Waals surface area contributed by atoms with Gasteiger partial charge in [0.2, 0.25) is 5.91 Å². The summed E-state index contributed by atoms with van der Waals surface area (Å²) in [6.07, 6.45) is 8.14. The minimum Gasteiger partial charge on any atom is -0.383 e. The number of anilines is 1. The van der Waals surface area contributed by atoms with Crippen molar-refractivity contribution in [2.75, 3.05) is 18.8 Å². The van der Waals surface area contributed by atoms with E-state index >= 15 is 0 Å². The first kappa shape index (κ1) is 22.5. The van der Waals surface area contributed by atoms with Gasteiger partial charge in [-0.25, -0.2) is 15.0 Å². The lowest BCUT2D eigenvalue weighted by Crippen LogP contribution is -2.58. The van der Waals surface area contributed by atoms with Gasteiger partial charge in [0.25, 0.3) is 5.91 Å². The van der Waals surface area contributed by atoms with E-state index in [2.05, 4.69) is 15.0 Å². The van der Waals surface area contributed by atoms with Crippen LogP contribution in [-0.4, -0.2) is 60.3 Å². The SMILES string of the molecule is CCC[C@H]1C(=O)N(Cc2ccc3c(N)ncnc3c2)CCN1C(=O)c1ccc(-n2ccnc2)cc1. The summed E-state index contributed by atoms with van der Waals surface area (Å²) in [5.74, 6) is 0.293. The van der Waals surface area contributed by atoms with E-state index in [-0.39, 0.29) is 11.8 Å². The zero-order valence-electron chi connectivity index (χ0n) is 19.5. The second-order valence-electron chi connectivity index (χ2n) is 8.69. The third kappa shape index (κ3) is 4.44. The zero-order valence-corrected chi connectivity index (χ0v) is 19.5. The highest BCUT2D eigenvalue weighted by Gasteiger charge is 2.37. The number of hydrogen-bond acceptors (Lipinski definition) is 6. The summed E-state index contributed by atoms with van der Waals surface area (Å²) in [6.45, 7) is 3.45. The van der Waals surface area contributed by atoms with E-state index in [9.17, 15) is 9.59 Å². The van der Waals surface area contributed by atoms with Crippen molar-refractivity contribution in [3.63, 3.8) is 0 Å². The van der Waals surface area contributed by atoms with Gasteiger partial charge in [0, 0.05) is 48.7 Å². The highest BCUT2D eigenvalue weighted by atomic mass is 16.2. The second-order valence-corrected chi connectivity index (χ2v) is 8.69.